The number of sulfonamides is 1. The quantitative estimate of drug-likeness (QED) is 0.322. The van der Waals surface area contributed by atoms with Gasteiger partial charge in [-0.2, -0.15) is 4.31 Å². The van der Waals surface area contributed by atoms with Crippen LogP contribution in [0.4, 0.5) is 4.39 Å². The van der Waals surface area contributed by atoms with Crippen LogP contribution in [0.1, 0.15) is 35.6 Å². The molecular weight excluding hydrogens is 471 g/mol. The van der Waals surface area contributed by atoms with Crippen LogP contribution in [-0.2, 0) is 16.6 Å². The van der Waals surface area contributed by atoms with Crippen molar-refractivity contribution in [2.45, 2.75) is 37.1 Å². The molecule has 3 aromatic carbocycles. The van der Waals surface area contributed by atoms with Gasteiger partial charge >= 0.3 is 0 Å². The van der Waals surface area contributed by atoms with Gasteiger partial charge in [-0.05, 0) is 73.2 Å². The van der Waals surface area contributed by atoms with E-state index in [0.29, 0.717) is 24.7 Å². The Kier molecular flexibility index (Phi) is 6.23. The Labute approximate surface area is 204 Å². The van der Waals surface area contributed by atoms with Crippen molar-refractivity contribution in [1.82, 2.24) is 8.87 Å². The fourth-order valence-corrected chi connectivity index (χ4v) is 6.88. The highest BCUT2D eigenvalue weighted by atomic mass is 35.5. The number of benzene rings is 3. The van der Waals surface area contributed by atoms with Gasteiger partial charge in [-0.1, -0.05) is 48.0 Å². The Morgan fingerprint density at radius 2 is 1.68 bits per heavy atom. The van der Waals surface area contributed by atoms with Crippen LogP contribution in [-0.4, -0.2) is 30.4 Å². The molecule has 34 heavy (non-hydrogen) atoms. The number of para-hydroxylation sites is 1. The molecule has 7 heteroatoms. The molecule has 5 rings (SSSR count). The van der Waals surface area contributed by atoms with E-state index < -0.39 is 10.0 Å². The Bertz CT molecular complexity index is 1440. The number of fused-ring (bicyclic) bond motifs is 1. The zero-order valence-corrected chi connectivity index (χ0v) is 20.5. The smallest absolute Gasteiger partial charge is 0.243 e. The number of halogens is 2. The normalized spacial score (nSPS) is 15.7. The van der Waals surface area contributed by atoms with Gasteiger partial charge in [0.05, 0.1) is 4.90 Å². The molecule has 1 fully saturated rings. The van der Waals surface area contributed by atoms with Crippen LogP contribution in [0.25, 0.3) is 10.9 Å². The SMILES string of the molecule is Cc1c(C2CCN(S(=O)(=O)c3cccc(Cl)c3)CC2)c2ccccc2n1Cc1ccc(F)cc1. The van der Waals surface area contributed by atoms with Crippen molar-refractivity contribution in [1.29, 1.82) is 0 Å². The van der Waals surface area contributed by atoms with Crippen molar-refractivity contribution < 1.29 is 12.8 Å². The zero-order chi connectivity index (χ0) is 23.9. The molecule has 1 aromatic heterocycles. The Hall–Kier alpha value is -2.67. The first-order chi connectivity index (χ1) is 16.3. The highest BCUT2D eigenvalue weighted by Crippen LogP contribution is 2.38. The second-order valence-corrected chi connectivity index (χ2v) is 11.2. The summed E-state index contributed by atoms with van der Waals surface area (Å²) in [6, 6.07) is 21.4. The van der Waals surface area contributed by atoms with E-state index in [9.17, 15) is 12.8 Å². The van der Waals surface area contributed by atoms with E-state index in [1.54, 1.807) is 22.5 Å². The summed E-state index contributed by atoms with van der Waals surface area (Å²) < 4.78 is 43.5. The first-order valence-corrected chi connectivity index (χ1v) is 13.2. The minimum atomic E-state index is -3.57. The van der Waals surface area contributed by atoms with Gasteiger partial charge < -0.3 is 4.57 Å². The van der Waals surface area contributed by atoms with Crippen LogP contribution in [0.5, 0.6) is 0 Å². The minimum absolute atomic E-state index is 0.238. The highest BCUT2D eigenvalue weighted by molar-refractivity contribution is 7.89. The standard InChI is InChI=1S/C27H26ClFN2O2S/c1-19-27(21-13-15-30(16-14-21)34(32,33)24-6-4-5-22(28)17-24)25-7-2-3-8-26(25)31(19)18-20-9-11-23(29)12-10-20/h2-12,17,21H,13-16,18H2,1H3. The van der Waals surface area contributed by atoms with Crippen molar-refractivity contribution in [2.24, 2.45) is 0 Å². The van der Waals surface area contributed by atoms with Crippen molar-refractivity contribution >= 4 is 32.5 Å². The van der Waals surface area contributed by atoms with Gasteiger partial charge in [0.25, 0.3) is 0 Å². The molecule has 0 bridgehead atoms. The van der Waals surface area contributed by atoms with E-state index in [1.165, 1.54) is 34.8 Å². The molecule has 4 aromatic rings. The van der Waals surface area contributed by atoms with E-state index >= 15 is 0 Å². The van der Waals surface area contributed by atoms with Crippen molar-refractivity contribution in [3.63, 3.8) is 0 Å². The summed E-state index contributed by atoms with van der Waals surface area (Å²) in [5, 5.41) is 1.62. The maximum Gasteiger partial charge on any atom is 0.243 e. The number of hydrogen-bond donors (Lipinski definition) is 0. The third-order valence-corrected chi connectivity index (χ3v) is 8.96. The average molecular weight is 497 g/mol. The van der Waals surface area contributed by atoms with E-state index in [-0.39, 0.29) is 16.6 Å². The Morgan fingerprint density at radius 3 is 2.38 bits per heavy atom. The third kappa shape index (κ3) is 4.26. The van der Waals surface area contributed by atoms with Gasteiger partial charge in [-0.15, -0.1) is 0 Å². The summed E-state index contributed by atoms with van der Waals surface area (Å²) in [5.41, 5.74) is 4.66. The van der Waals surface area contributed by atoms with Crippen LogP contribution >= 0.6 is 11.6 Å². The number of aromatic nitrogens is 1. The molecule has 176 valence electrons. The lowest BCUT2D eigenvalue weighted by Gasteiger charge is -2.31. The van der Waals surface area contributed by atoms with Crippen LogP contribution < -0.4 is 0 Å². The minimum Gasteiger partial charge on any atom is -0.340 e. The Morgan fingerprint density at radius 1 is 0.971 bits per heavy atom. The molecule has 0 aliphatic carbocycles. The van der Waals surface area contributed by atoms with Crippen LogP contribution in [0, 0.1) is 12.7 Å². The maximum atomic E-state index is 13.4. The second kappa shape index (κ2) is 9.17. The second-order valence-electron chi connectivity index (χ2n) is 8.86. The van der Waals surface area contributed by atoms with Crippen LogP contribution in [0.3, 0.4) is 0 Å². The Balaban J connectivity index is 1.42. The van der Waals surface area contributed by atoms with Crippen molar-refractivity contribution in [3.8, 4) is 0 Å². The molecule has 0 spiro atoms. The van der Waals surface area contributed by atoms with E-state index in [2.05, 4.69) is 23.6 Å². The first kappa shape index (κ1) is 23.1. The average Bonchev–Trinajstić information content (AvgIpc) is 3.12. The molecule has 0 radical (unpaired) electrons. The summed E-state index contributed by atoms with van der Waals surface area (Å²) >= 11 is 6.03. The first-order valence-electron chi connectivity index (χ1n) is 11.4. The fourth-order valence-electron chi connectivity index (χ4n) is 5.11. The van der Waals surface area contributed by atoms with Crippen LogP contribution in [0.2, 0.25) is 5.02 Å². The monoisotopic (exact) mass is 496 g/mol. The van der Waals surface area contributed by atoms with Gasteiger partial charge in [-0.3, -0.25) is 0 Å². The molecule has 0 unspecified atom stereocenters. The third-order valence-electron chi connectivity index (χ3n) is 6.83. The van der Waals surface area contributed by atoms with Crippen molar-refractivity contribution in [3.05, 3.63) is 100 Å². The van der Waals surface area contributed by atoms with Crippen LogP contribution in [0.15, 0.2) is 77.7 Å². The molecule has 1 saturated heterocycles. The summed E-state index contributed by atoms with van der Waals surface area (Å²) in [7, 11) is -3.57. The summed E-state index contributed by atoms with van der Waals surface area (Å²) in [4.78, 5) is 0.241. The lowest BCUT2D eigenvalue weighted by molar-refractivity contribution is 0.319. The summed E-state index contributed by atoms with van der Waals surface area (Å²) in [6.07, 6.45) is 1.51. The maximum absolute atomic E-state index is 13.4. The molecule has 1 aliphatic heterocycles. The van der Waals surface area contributed by atoms with E-state index in [4.69, 9.17) is 11.6 Å². The number of hydrogen-bond acceptors (Lipinski definition) is 2. The molecule has 0 atom stereocenters. The van der Waals surface area contributed by atoms with E-state index in [0.717, 1.165) is 23.9 Å². The molecule has 1 aliphatic rings. The summed E-state index contributed by atoms with van der Waals surface area (Å²) in [5.74, 6) is 0.0307. The van der Waals surface area contributed by atoms with Gasteiger partial charge in [0.2, 0.25) is 10.0 Å². The highest BCUT2D eigenvalue weighted by Gasteiger charge is 2.32. The fraction of sp³-hybridized carbons (Fsp3) is 0.259. The largest absolute Gasteiger partial charge is 0.340 e. The molecule has 0 N–H and O–H groups in total. The number of nitrogens with zero attached hydrogens (tertiary/aromatic N) is 2. The molecule has 4 nitrogen and oxygen atoms in total. The number of piperidine rings is 1. The molecular formula is C27H26ClFN2O2S. The lowest BCUT2D eigenvalue weighted by Crippen LogP contribution is -2.38. The zero-order valence-electron chi connectivity index (χ0n) is 18.9. The predicted molar refractivity (Wildman–Crippen MR) is 134 cm³/mol. The van der Waals surface area contributed by atoms with Gasteiger partial charge in [0, 0.05) is 41.3 Å². The van der Waals surface area contributed by atoms with Gasteiger partial charge in [-0.25, -0.2) is 12.8 Å². The predicted octanol–water partition coefficient (Wildman–Crippen LogP) is 6.36. The topological polar surface area (TPSA) is 42.3 Å². The molecule has 2 heterocycles. The number of rotatable bonds is 5. The van der Waals surface area contributed by atoms with Gasteiger partial charge in [0.15, 0.2) is 0 Å². The lowest BCUT2D eigenvalue weighted by atomic mass is 9.88. The molecule has 0 saturated carbocycles. The molecule has 0 amide bonds. The van der Waals surface area contributed by atoms with Crippen molar-refractivity contribution in [2.75, 3.05) is 13.1 Å². The van der Waals surface area contributed by atoms with Gasteiger partial charge in [0.1, 0.15) is 5.82 Å². The van der Waals surface area contributed by atoms with E-state index in [1.807, 2.05) is 24.3 Å². The summed E-state index contributed by atoms with van der Waals surface area (Å²) in [6.45, 7) is 3.73.